The average Bonchev–Trinajstić information content (AvgIpc) is 2.72. The fourth-order valence-corrected chi connectivity index (χ4v) is 7.82. The van der Waals surface area contributed by atoms with Crippen molar-refractivity contribution in [3.8, 4) is 0 Å². The summed E-state index contributed by atoms with van der Waals surface area (Å²) in [6.07, 6.45) is 5.64. The fourth-order valence-electron chi connectivity index (χ4n) is 3.48. The number of nitrogens with one attached hydrogen (secondary N) is 1. The van der Waals surface area contributed by atoms with Gasteiger partial charge in [-0.05, 0) is 38.8 Å². The van der Waals surface area contributed by atoms with Gasteiger partial charge in [0.2, 0.25) is 0 Å². The Morgan fingerprint density at radius 1 is 1.09 bits per heavy atom. The van der Waals surface area contributed by atoms with Crippen molar-refractivity contribution in [3.05, 3.63) is 66.3 Å². The summed E-state index contributed by atoms with van der Waals surface area (Å²) in [7, 11) is -1.54. The summed E-state index contributed by atoms with van der Waals surface area (Å²) in [5, 5.41) is 0. The van der Waals surface area contributed by atoms with Gasteiger partial charge in [-0.3, -0.25) is 0 Å². The Labute approximate surface area is 158 Å². The summed E-state index contributed by atoms with van der Waals surface area (Å²) in [6, 6.07) is 8.84. The summed E-state index contributed by atoms with van der Waals surface area (Å²) in [5.41, 5.74) is 5.24. The van der Waals surface area contributed by atoms with Crippen LogP contribution in [0.3, 0.4) is 0 Å². The van der Waals surface area contributed by atoms with Crippen molar-refractivity contribution in [1.29, 1.82) is 0 Å². The van der Waals surface area contributed by atoms with Gasteiger partial charge in [-0.2, -0.15) is 0 Å². The molecular formula is C20H31NSiTi+4. The maximum Gasteiger partial charge on any atom is 4.00 e. The monoisotopic (exact) mass is 361 g/mol. The predicted molar refractivity (Wildman–Crippen MR) is 104 cm³/mol. The van der Waals surface area contributed by atoms with Crippen molar-refractivity contribution in [1.82, 2.24) is 4.98 Å². The van der Waals surface area contributed by atoms with Crippen LogP contribution in [0.1, 0.15) is 44.4 Å². The summed E-state index contributed by atoms with van der Waals surface area (Å²) >= 11 is 0. The Balaban J connectivity index is 0.000000871. The van der Waals surface area contributed by atoms with E-state index in [1.54, 1.807) is 12.2 Å². The molecule has 0 aliphatic heterocycles. The molecule has 0 spiro atoms. The maximum absolute atomic E-state index is 3.91. The molecule has 1 aromatic carbocycles. The molecule has 0 saturated heterocycles. The van der Waals surface area contributed by atoms with Crippen LogP contribution in [-0.2, 0) is 21.7 Å². The minimum Gasteiger partial charge on any atom is -0.332 e. The van der Waals surface area contributed by atoms with Gasteiger partial charge in [0.05, 0.1) is 0 Å². The molecule has 0 fully saturated rings. The molecule has 1 N–H and O–H groups in total. The average molecular weight is 361 g/mol. The molecule has 1 unspecified atom stereocenters. The van der Waals surface area contributed by atoms with Crippen LogP contribution in [0.15, 0.2) is 55.1 Å². The normalized spacial score (nSPS) is 16.3. The summed E-state index contributed by atoms with van der Waals surface area (Å²) < 4.78 is 0. The van der Waals surface area contributed by atoms with E-state index in [1.807, 2.05) is 0 Å². The molecule has 1 atom stereocenters. The number of fused-ring (bicyclic) bond motifs is 1. The Hall–Kier alpha value is -0.669. The van der Waals surface area contributed by atoms with E-state index in [2.05, 4.69) is 89.3 Å². The van der Waals surface area contributed by atoms with Crippen LogP contribution in [0.4, 0.5) is 0 Å². The first kappa shape index (κ1) is 22.3. The minimum atomic E-state index is -1.54. The number of hydrogen-bond acceptors (Lipinski definition) is 1. The van der Waals surface area contributed by atoms with E-state index < -0.39 is 8.24 Å². The Morgan fingerprint density at radius 2 is 1.61 bits per heavy atom. The van der Waals surface area contributed by atoms with Crippen LogP contribution in [0, 0.1) is 0 Å². The molecule has 2 rings (SSSR count). The third kappa shape index (κ3) is 6.39. The zero-order chi connectivity index (χ0) is 17.0. The molecule has 1 aromatic rings. The van der Waals surface area contributed by atoms with E-state index in [-0.39, 0.29) is 27.3 Å². The van der Waals surface area contributed by atoms with Gasteiger partial charge in [0.25, 0.3) is 0 Å². The van der Waals surface area contributed by atoms with Crippen molar-refractivity contribution in [2.45, 2.75) is 51.9 Å². The van der Waals surface area contributed by atoms with Gasteiger partial charge in [-0.15, -0.1) is 0 Å². The van der Waals surface area contributed by atoms with Crippen LogP contribution in [0.2, 0.25) is 13.1 Å². The van der Waals surface area contributed by atoms with Crippen LogP contribution < -0.4 is 4.98 Å². The van der Waals surface area contributed by atoms with Gasteiger partial charge in [0.1, 0.15) is 8.24 Å². The van der Waals surface area contributed by atoms with E-state index in [4.69, 9.17) is 0 Å². The number of allylic oxidation sites excluding steroid dienone is 3. The Bertz CT molecular complexity index is 561. The third-order valence-corrected chi connectivity index (χ3v) is 7.34. The molecule has 0 bridgehead atoms. The minimum absolute atomic E-state index is 0. The molecule has 1 nitrogen and oxygen atoms in total. The van der Waals surface area contributed by atoms with E-state index in [9.17, 15) is 0 Å². The van der Waals surface area contributed by atoms with Crippen LogP contribution in [0.5, 0.6) is 0 Å². The second-order valence-electron chi connectivity index (χ2n) is 7.52. The molecule has 0 saturated carbocycles. The second-order valence-corrected chi connectivity index (χ2v) is 11.8. The molecule has 0 amide bonds. The number of rotatable bonds is 3. The standard InChI is InChI=1S/C16H25NSi.C4H6.Ti/c1-12-11-13-9-7-8-10-14(13)15(12)18(5,6)17-16(2,3)4;1-3-4-2;/h7-11,15,17H,1-6H3;3-4H,1-2H2;/q;;+4. The quantitative estimate of drug-likeness (QED) is 0.540. The molecule has 1 aliphatic carbocycles. The molecule has 120 valence electrons. The largest absolute Gasteiger partial charge is 4.00 e. The van der Waals surface area contributed by atoms with E-state index in [0.717, 1.165) is 0 Å². The number of hydrogen-bond donors (Lipinski definition) is 1. The molecule has 3 heteroatoms. The van der Waals surface area contributed by atoms with Gasteiger partial charge in [-0.1, -0.05) is 74.3 Å². The molecular weight excluding hydrogens is 330 g/mol. The summed E-state index contributed by atoms with van der Waals surface area (Å²) in [6.45, 7) is 20.7. The van der Waals surface area contributed by atoms with Gasteiger partial charge in [-0.25, -0.2) is 0 Å². The van der Waals surface area contributed by atoms with E-state index in [0.29, 0.717) is 5.54 Å². The molecule has 1 aliphatic rings. The molecule has 0 radical (unpaired) electrons. The Morgan fingerprint density at radius 3 is 2.09 bits per heavy atom. The third-order valence-electron chi connectivity index (χ3n) is 3.73. The first-order chi connectivity index (χ1) is 10.1. The predicted octanol–water partition coefficient (Wildman–Crippen LogP) is 5.68. The second kappa shape index (κ2) is 8.98. The Kier molecular flexibility index (Phi) is 8.72. The first-order valence-corrected chi connectivity index (χ1v) is 11.0. The molecule has 0 heterocycles. The van der Waals surface area contributed by atoms with Crippen molar-refractivity contribution in [2.24, 2.45) is 0 Å². The van der Waals surface area contributed by atoms with E-state index >= 15 is 0 Å². The summed E-state index contributed by atoms with van der Waals surface area (Å²) in [5.74, 6) is 0. The zero-order valence-corrected chi connectivity index (χ0v) is 18.1. The number of benzene rings is 1. The van der Waals surface area contributed by atoms with Crippen LogP contribution in [-0.4, -0.2) is 13.8 Å². The SMILES string of the molecule is C=CC=C.CC1=Cc2ccccc2C1[Si](C)(C)NC(C)(C)C.[Ti+4]. The van der Waals surface area contributed by atoms with Gasteiger partial charge in [0.15, 0.2) is 0 Å². The van der Waals surface area contributed by atoms with Crippen LogP contribution >= 0.6 is 0 Å². The fraction of sp³-hybridized carbons (Fsp3) is 0.400. The van der Waals surface area contributed by atoms with E-state index in [1.165, 1.54) is 16.7 Å². The van der Waals surface area contributed by atoms with Crippen molar-refractivity contribution >= 4 is 14.3 Å². The van der Waals surface area contributed by atoms with Crippen molar-refractivity contribution in [3.63, 3.8) is 0 Å². The van der Waals surface area contributed by atoms with Crippen molar-refractivity contribution in [2.75, 3.05) is 0 Å². The first-order valence-electron chi connectivity index (χ1n) is 7.92. The van der Waals surface area contributed by atoms with Gasteiger partial charge < -0.3 is 4.98 Å². The van der Waals surface area contributed by atoms with Crippen LogP contribution in [0.25, 0.3) is 6.08 Å². The zero-order valence-electron chi connectivity index (χ0n) is 15.5. The maximum atomic E-state index is 3.91. The van der Waals surface area contributed by atoms with Gasteiger partial charge in [0, 0.05) is 11.1 Å². The summed E-state index contributed by atoms with van der Waals surface area (Å²) in [4.78, 5) is 3.91. The van der Waals surface area contributed by atoms with Crippen molar-refractivity contribution < 1.29 is 21.7 Å². The smallest absolute Gasteiger partial charge is 0.332 e. The molecule has 0 aromatic heterocycles. The topological polar surface area (TPSA) is 12.0 Å². The molecule has 23 heavy (non-hydrogen) atoms. The van der Waals surface area contributed by atoms with Gasteiger partial charge >= 0.3 is 21.7 Å².